The van der Waals surface area contributed by atoms with Gasteiger partial charge in [0.05, 0.1) is 26.1 Å². The SMILES string of the molecule is COc1ccc(-c2csc(N/N=C/c3ccc(O)c(OC)c3)n2)cc1. The Labute approximate surface area is 149 Å². The minimum absolute atomic E-state index is 0.0941. The molecule has 0 spiro atoms. The summed E-state index contributed by atoms with van der Waals surface area (Å²) in [5.74, 6) is 1.31. The summed E-state index contributed by atoms with van der Waals surface area (Å²) < 4.78 is 10.2. The number of hydrazone groups is 1. The van der Waals surface area contributed by atoms with Crippen LogP contribution in [0.15, 0.2) is 52.9 Å². The second-order valence-electron chi connectivity index (χ2n) is 5.07. The van der Waals surface area contributed by atoms with Gasteiger partial charge in [-0.05, 0) is 48.0 Å². The van der Waals surface area contributed by atoms with E-state index < -0.39 is 0 Å². The Kier molecular flexibility index (Phi) is 5.15. The number of aromatic hydroxyl groups is 1. The highest BCUT2D eigenvalue weighted by Gasteiger charge is 2.04. The lowest BCUT2D eigenvalue weighted by Crippen LogP contribution is -1.91. The van der Waals surface area contributed by atoms with Crippen molar-refractivity contribution in [2.24, 2.45) is 5.10 Å². The van der Waals surface area contributed by atoms with Gasteiger partial charge >= 0.3 is 0 Å². The number of aromatic nitrogens is 1. The summed E-state index contributed by atoms with van der Waals surface area (Å²) in [4.78, 5) is 4.50. The Morgan fingerprint density at radius 3 is 2.64 bits per heavy atom. The standard InChI is InChI=1S/C18H17N3O3S/c1-23-14-6-4-13(5-7-14)15-11-25-18(20-15)21-19-10-12-3-8-16(22)17(9-12)24-2/h3-11,22H,1-2H3,(H,20,21)/b19-10+. The van der Waals surface area contributed by atoms with Crippen LogP contribution in [-0.2, 0) is 0 Å². The van der Waals surface area contributed by atoms with Crippen molar-refractivity contribution in [1.82, 2.24) is 4.98 Å². The topological polar surface area (TPSA) is 76.0 Å². The van der Waals surface area contributed by atoms with E-state index in [4.69, 9.17) is 9.47 Å². The number of anilines is 1. The summed E-state index contributed by atoms with van der Waals surface area (Å²) in [6, 6.07) is 12.7. The van der Waals surface area contributed by atoms with Crippen molar-refractivity contribution in [3.63, 3.8) is 0 Å². The Morgan fingerprint density at radius 2 is 1.92 bits per heavy atom. The van der Waals surface area contributed by atoms with E-state index in [1.807, 2.05) is 29.6 Å². The van der Waals surface area contributed by atoms with Crippen LogP contribution >= 0.6 is 11.3 Å². The Morgan fingerprint density at radius 1 is 1.12 bits per heavy atom. The summed E-state index contributed by atoms with van der Waals surface area (Å²) in [5, 5.41) is 16.4. The molecule has 2 N–H and O–H groups in total. The van der Waals surface area contributed by atoms with Gasteiger partial charge in [0.15, 0.2) is 11.5 Å². The first-order chi connectivity index (χ1) is 12.2. The number of thiazole rings is 1. The van der Waals surface area contributed by atoms with Gasteiger partial charge in [-0.25, -0.2) is 4.98 Å². The zero-order valence-electron chi connectivity index (χ0n) is 13.8. The highest BCUT2D eigenvalue weighted by Crippen LogP contribution is 2.27. The second kappa shape index (κ2) is 7.67. The van der Waals surface area contributed by atoms with Crippen molar-refractivity contribution in [1.29, 1.82) is 0 Å². The molecule has 2 aromatic carbocycles. The maximum atomic E-state index is 9.58. The molecule has 7 heteroatoms. The number of hydrogen-bond donors (Lipinski definition) is 2. The van der Waals surface area contributed by atoms with Crippen LogP contribution in [0.1, 0.15) is 5.56 Å². The third-order valence-corrected chi connectivity index (χ3v) is 4.21. The Hall–Kier alpha value is -3.06. The molecule has 0 atom stereocenters. The molecule has 0 aliphatic heterocycles. The highest BCUT2D eigenvalue weighted by molar-refractivity contribution is 7.14. The lowest BCUT2D eigenvalue weighted by molar-refractivity contribution is 0.373. The maximum Gasteiger partial charge on any atom is 0.203 e. The van der Waals surface area contributed by atoms with Crippen LogP contribution in [0, 0.1) is 0 Å². The van der Waals surface area contributed by atoms with Gasteiger partial charge in [0, 0.05) is 10.9 Å². The third-order valence-electron chi connectivity index (χ3n) is 3.47. The molecule has 0 amide bonds. The number of benzene rings is 2. The van der Waals surface area contributed by atoms with E-state index in [1.165, 1.54) is 18.4 Å². The zero-order chi connectivity index (χ0) is 17.6. The summed E-state index contributed by atoms with van der Waals surface area (Å²) in [6.45, 7) is 0. The van der Waals surface area contributed by atoms with Crippen LogP contribution < -0.4 is 14.9 Å². The first kappa shape index (κ1) is 16.8. The number of phenols is 1. The number of nitrogens with one attached hydrogen (secondary N) is 1. The predicted octanol–water partition coefficient (Wildman–Crippen LogP) is 3.98. The molecular formula is C18H17N3O3S. The average molecular weight is 355 g/mol. The zero-order valence-corrected chi connectivity index (χ0v) is 14.6. The minimum atomic E-state index is 0.0941. The number of hydrogen-bond acceptors (Lipinski definition) is 7. The normalized spacial score (nSPS) is 10.8. The quantitative estimate of drug-likeness (QED) is 0.517. The third kappa shape index (κ3) is 4.07. The van der Waals surface area contributed by atoms with E-state index in [1.54, 1.807) is 31.5 Å². The summed E-state index contributed by atoms with van der Waals surface area (Å²) in [5.41, 5.74) is 5.59. The molecule has 0 fully saturated rings. The molecule has 0 aliphatic rings. The highest BCUT2D eigenvalue weighted by atomic mass is 32.1. The predicted molar refractivity (Wildman–Crippen MR) is 100.0 cm³/mol. The van der Waals surface area contributed by atoms with Gasteiger partial charge in [-0.3, -0.25) is 5.43 Å². The maximum absolute atomic E-state index is 9.58. The molecule has 0 saturated heterocycles. The van der Waals surface area contributed by atoms with Gasteiger partial charge in [0.2, 0.25) is 5.13 Å². The van der Waals surface area contributed by atoms with Crippen molar-refractivity contribution in [2.75, 3.05) is 19.6 Å². The minimum Gasteiger partial charge on any atom is -0.504 e. The number of methoxy groups -OCH3 is 2. The lowest BCUT2D eigenvalue weighted by Gasteiger charge is -2.03. The number of phenolic OH excluding ortho intramolecular Hbond substituents is 1. The molecule has 3 rings (SSSR count). The van der Waals surface area contributed by atoms with E-state index in [0.29, 0.717) is 10.9 Å². The lowest BCUT2D eigenvalue weighted by atomic mass is 10.2. The van der Waals surface area contributed by atoms with Crippen LogP contribution in [0.3, 0.4) is 0 Å². The van der Waals surface area contributed by atoms with E-state index >= 15 is 0 Å². The Bertz CT molecular complexity index is 876. The molecule has 25 heavy (non-hydrogen) atoms. The Balaban J connectivity index is 1.67. The summed E-state index contributed by atoms with van der Waals surface area (Å²) in [6.07, 6.45) is 1.64. The van der Waals surface area contributed by atoms with E-state index in [2.05, 4.69) is 15.5 Å². The van der Waals surface area contributed by atoms with Crippen LogP contribution in [0.25, 0.3) is 11.3 Å². The van der Waals surface area contributed by atoms with Gasteiger partial charge in [-0.2, -0.15) is 5.10 Å². The number of nitrogens with zero attached hydrogens (tertiary/aromatic N) is 2. The molecule has 6 nitrogen and oxygen atoms in total. The molecule has 1 heterocycles. The first-order valence-corrected chi connectivity index (χ1v) is 8.33. The van der Waals surface area contributed by atoms with Gasteiger partial charge in [-0.15, -0.1) is 11.3 Å². The van der Waals surface area contributed by atoms with Crippen molar-refractivity contribution >= 4 is 22.7 Å². The van der Waals surface area contributed by atoms with E-state index in [9.17, 15) is 5.11 Å². The molecule has 0 bridgehead atoms. The molecule has 0 aliphatic carbocycles. The van der Waals surface area contributed by atoms with Crippen molar-refractivity contribution in [3.8, 4) is 28.5 Å². The summed E-state index contributed by atoms with van der Waals surface area (Å²) >= 11 is 1.47. The first-order valence-electron chi connectivity index (χ1n) is 7.45. The van der Waals surface area contributed by atoms with E-state index in [-0.39, 0.29) is 5.75 Å². The fraction of sp³-hybridized carbons (Fsp3) is 0.111. The van der Waals surface area contributed by atoms with Crippen LogP contribution in [0.5, 0.6) is 17.2 Å². The molecule has 1 aromatic heterocycles. The monoisotopic (exact) mass is 355 g/mol. The summed E-state index contributed by atoms with van der Waals surface area (Å²) in [7, 11) is 3.14. The largest absolute Gasteiger partial charge is 0.504 e. The fourth-order valence-corrected chi connectivity index (χ4v) is 2.82. The van der Waals surface area contributed by atoms with Crippen LogP contribution in [0.2, 0.25) is 0 Å². The van der Waals surface area contributed by atoms with E-state index in [0.717, 1.165) is 22.6 Å². The average Bonchev–Trinajstić information content (AvgIpc) is 3.12. The number of ether oxygens (including phenoxy) is 2. The van der Waals surface area contributed by atoms with Gasteiger partial charge in [0.25, 0.3) is 0 Å². The second-order valence-corrected chi connectivity index (χ2v) is 5.93. The van der Waals surface area contributed by atoms with Gasteiger partial charge in [-0.1, -0.05) is 0 Å². The van der Waals surface area contributed by atoms with Crippen LogP contribution in [0.4, 0.5) is 5.13 Å². The molecule has 0 radical (unpaired) electrons. The van der Waals surface area contributed by atoms with Gasteiger partial charge in [0.1, 0.15) is 5.75 Å². The smallest absolute Gasteiger partial charge is 0.203 e. The molecule has 128 valence electrons. The van der Waals surface area contributed by atoms with Crippen molar-refractivity contribution in [2.45, 2.75) is 0 Å². The molecular weight excluding hydrogens is 338 g/mol. The molecule has 3 aromatic rings. The number of rotatable bonds is 6. The van der Waals surface area contributed by atoms with Crippen molar-refractivity contribution in [3.05, 3.63) is 53.4 Å². The molecule has 0 unspecified atom stereocenters. The van der Waals surface area contributed by atoms with Crippen LogP contribution in [-0.4, -0.2) is 30.5 Å². The van der Waals surface area contributed by atoms with Gasteiger partial charge < -0.3 is 14.6 Å². The fourth-order valence-electron chi connectivity index (χ4n) is 2.16. The van der Waals surface area contributed by atoms with Crippen molar-refractivity contribution < 1.29 is 14.6 Å². The molecule has 0 saturated carbocycles.